The van der Waals surface area contributed by atoms with Gasteiger partial charge < -0.3 is 9.47 Å². The van der Waals surface area contributed by atoms with Gasteiger partial charge in [0, 0.05) is 17.5 Å². The lowest BCUT2D eigenvalue weighted by Gasteiger charge is -2.38. The fourth-order valence-corrected chi connectivity index (χ4v) is 4.37. The predicted octanol–water partition coefficient (Wildman–Crippen LogP) is 6.24. The van der Waals surface area contributed by atoms with E-state index in [2.05, 4.69) is 80.4 Å². The Bertz CT molecular complexity index is 1110. The lowest BCUT2D eigenvalue weighted by molar-refractivity contribution is -0.0191. The molecule has 0 aliphatic carbocycles. The van der Waals surface area contributed by atoms with E-state index in [1.54, 1.807) is 7.11 Å². The van der Waals surface area contributed by atoms with E-state index in [4.69, 9.17) is 14.6 Å². The highest BCUT2D eigenvalue weighted by molar-refractivity contribution is 6.01. The van der Waals surface area contributed by atoms with Crippen LogP contribution >= 0.6 is 0 Å². The summed E-state index contributed by atoms with van der Waals surface area (Å²) in [5.74, 6) is 1.74. The van der Waals surface area contributed by atoms with Crippen LogP contribution in [0.5, 0.6) is 11.5 Å². The number of methoxy groups -OCH3 is 1. The van der Waals surface area contributed by atoms with Crippen LogP contribution in [0.3, 0.4) is 0 Å². The molecular formula is C27H28N2O2. The molecule has 0 N–H and O–H groups in total. The van der Waals surface area contributed by atoms with E-state index in [9.17, 15) is 0 Å². The van der Waals surface area contributed by atoms with Crippen molar-refractivity contribution < 1.29 is 9.47 Å². The van der Waals surface area contributed by atoms with Gasteiger partial charge >= 0.3 is 0 Å². The summed E-state index contributed by atoms with van der Waals surface area (Å²) in [6, 6.07) is 25.3. The molecule has 3 aromatic carbocycles. The summed E-state index contributed by atoms with van der Waals surface area (Å²) in [4.78, 5) is 0. The molecule has 4 nitrogen and oxygen atoms in total. The van der Waals surface area contributed by atoms with Crippen molar-refractivity contribution in [2.75, 3.05) is 7.11 Å². The molecule has 0 radical (unpaired) electrons. The molecular weight excluding hydrogens is 384 g/mol. The van der Waals surface area contributed by atoms with E-state index in [-0.39, 0.29) is 17.7 Å². The first-order valence-electron chi connectivity index (χ1n) is 10.8. The number of benzene rings is 3. The Hall–Kier alpha value is -3.27. The summed E-state index contributed by atoms with van der Waals surface area (Å²) in [7, 11) is 1.70. The Labute approximate surface area is 184 Å². The Morgan fingerprint density at radius 1 is 0.968 bits per heavy atom. The van der Waals surface area contributed by atoms with Crippen molar-refractivity contribution in [3.8, 4) is 11.5 Å². The van der Waals surface area contributed by atoms with E-state index < -0.39 is 0 Å². The number of hydrazone groups is 1. The molecule has 0 saturated heterocycles. The van der Waals surface area contributed by atoms with Gasteiger partial charge in [-0.1, -0.05) is 75.4 Å². The van der Waals surface area contributed by atoms with Crippen molar-refractivity contribution in [3.63, 3.8) is 0 Å². The molecule has 0 fully saturated rings. The van der Waals surface area contributed by atoms with Crippen LogP contribution in [0.4, 0.5) is 0 Å². The van der Waals surface area contributed by atoms with Crippen molar-refractivity contribution in [1.82, 2.24) is 5.01 Å². The topological polar surface area (TPSA) is 34.1 Å². The Morgan fingerprint density at radius 2 is 1.71 bits per heavy atom. The molecule has 31 heavy (non-hydrogen) atoms. The first-order valence-corrected chi connectivity index (χ1v) is 10.8. The van der Waals surface area contributed by atoms with Gasteiger partial charge in [-0.15, -0.1) is 0 Å². The molecule has 2 atom stereocenters. The van der Waals surface area contributed by atoms with Crippen LogP contribution in [-0.2, 0) is 5.41 Å². The zero-order valence-electron chi connectivity index (χ0n) is 18.5. The molecule has 0 unspecified atom stereocenters. The van der Waals surface area contributed by atoms with Crippen LogP contribution < -0.4 is 9.47 Å². The van der Waals surface area contributed by atoms with Gasteiger partial charge in [0.15, 0.2) is 0 Å². The molecule has 2 aliphatic heterocycles. The Morgan fingerprint density at radius 3 is 2.39 bits per heavy atom. The predicted molar refractivity (Wildman–Crippen MR) is 124 cm³/mol. The summed E-state index contributed by atoms with van der Waals surface area (Å²) < 4.78 is 12.0. The molecule has 3 aromatic rings. The highest BCUT2D eigenvalue weighted by atomic mass is 16.5. The minimum atomic E-state index is -0.263. The number of hydrogen-bond acceptors (Lipinski definition) is 4. The maximum Gasteiger partial charge on any atom is 0.213 e. The minimum Gasteiger partial charge on any atom is -0.497 e. The summed E-state index contributed by atoms with van der Waals surface area (Å²) >= 11 is 0. The standard InChI is InChI=1S/C27H28N2O2/c1-27(2,3)20-12-10-19(11-13-20)26-29-24(17-23(28-29)18-8-6-5-7-9-18)22-16-21(30-4)14-15-25(22)31-26/h5-16,24,26H,17H2,1-4H3/t24-,26+/m1/s1. The van der Waals surface area contributed by atoms with Gasteiger partial charge in [-0.2, -0.15) is 5.10 Å². The van der Waals surface area contributed by atoms with Crippen LogP contribution in [0.2, 0.25) is 0 Å². The van der Waals surface area contributed by atoms with Gasteiger partial charge in [-0.25, -0.2) is 5.01 Å². The van der Waals surface area contributed by atoms with Crippen LogP contribution in [0.25, 0.3) is 0 Å². The monoisotopic (exact) mass is 412 g/mol. The van der Waals surface area contributed by atoms with Gasteiger partial charge in [-0.3, -0.25) is 0 Å². The zero-order valence-corrected chi connectivity index (χ0v) is 18.5. The van der Waals surface area contributed by atoms with Crippen molar-refractivity contribution in [2.24, 2.45) is 5.10 Å². The molecule has 4 heteroatoms. The largest absolute Gasteiger partial charge is 0.497 e. The lowest BCUT2D eigenvalue weighted by atomic mass is 9.86. The fourth-order valence-electron chi connectivity index (χ4n) is 4.37. The number of rotatable bonds is 3. The molecule has 0 bridgehead atoms. The number of nitrogens with zero attached hydrogens (tertiary/aromatic N) is 2. The van der Waals surface area contributed by atoms with Crippen molar-refractivity contribution in [2.45, 2.75) is 44.9 Å². The van der Waals surface area contributed by atoms with E-state index >= 15 is 0 Å². The van der Waals surface area contributed by atoms with Gasteiger partial charge in [0.2, 0.25) is 6.23 Å². The highest BCUT2D eigenvalue weighted by Gasteiger charge is 2.41. The number of ether oxygens (including phenoxy) is 2. The molecule has 0 amide bonds. The zero-order chi connectivity index (χ0) is 21.6. The normalized spacial score (nSPS) is 19.9. The van der Waals surface area contributed by atoms with Gasteiger partial charge in [0.05, 0.1) is 18.9 Å². The average molecular weight is 413 g/mol. The first-order chi connectivity index (χ1) is 14.9. The van der Waals surface area contributed by atoms with Crippen LogP contribution in [0.15, 0.2) is 77.9 Å². The third-order valence-electron chi connectivity index (χ3n) is 6.17. The molecule has 0 saturated carbocycles. The van der Waals surface area contributed by atoms with Crippen LogP contribution in [0.1, 0.15) is 61.7 Å². The third-order valence-corrected chi connectivity index (χ3v) is 6.17. The molecule has 158 valence electrons. The van der Waals surface area contributed by atoms with Crippen LogP contribution in [-0.4, -0.2) is 17.8 Å². The smallest absolute Gasteiger partial charge is 0.213 e. The lowest BCUT2D eigenvalue weighted by Crippen LogP contribution is -2.33. The summed E-state index contributed by atoms with van der Waals surface area (Å²) in [5.41, 5.74) is 5.89. The van der Waals surface area contributed by atoms with E-state index in [1.807, 2.05) is 18.2 Å². The quantitative estimate of drug-likeness (QED) is 0.511. The Balaban J connectivity index is 1.57. The average Bonchev–Trinajstić information content (AvgIpc) is 3.24. The van der Waals surface area contributed by atoms with Crippen molar-refractivity contribution in [3.05, 3.63) is 95.1 Å². The van der Waals surface area contributed by atoms with E-state index in [0.717, 1.165) is 40.3 Å². The summed E-state index contributed by atoms with van der Waals surface area (Å²) in [5, 5.41) is 7.17. The fraction of sp³-hybridized carbons (Fsp3) is 0.296. The van der Waals surface area contributed by atoms with Gasteiger partial charge in [0.25, 0.3) is 0 Å². The number of hydrogen-bond donors (Lipinski definition) is 0. The molecule has 2 aliphatic rings. The second-order valence-corrected chi connectivity index (χ2v) is 9.26. The SMILES string of the molecule is COc1ccc2c(c1)[C@H]1CC(c3ccccc3)=NN1[C@H](c1ccc(C(C)(C)C)cc1)O2. The number of fused-ring (bicyclic) bond motifs is 3. The summed E-state index contributed by atoms with van der Waals surface area (Å²) in [6.45, 7) is 6.70. The van der Waals surface area contributed by atoms with Gasteiger partial charge in [-0.05, 0) is 34.7 Å². The van der Waals surface area contributed by atoms with E-state index in [1.165, 1.54) is 5.56 Å². The molecule has 5 rings (SSSR count). The maximum atomic E-state index is 6.50. The second-order valence-electron chi connectivity index (χ2n) is 9.26. The van der Waals surface area contributed by atoms with Crippen LogP contribution in [0, 0.1) is 0 Å². The van der Waals surface area contributed by atoms with E-state index in [0.29, 0.717) is 0 Å². The molecule has 0 spiro atoms. The van der Waals surface area contributed by atoms with Gasteiger partial charge in [0.1, 0.15) is 11.5 Å². The third kappa shape index (κ3) is 3.56. The summed E-state index contributed by atoms with van der Waals surface area (Å²) in [6.07, 6.45) is 0.575. The first kappa shape index (κ1) is 19.7. The maximum absolute atomic E-state index is 6.50. The molecule has 2 heterocycles. The Kier molecular flexibility index (Phi) is 4.73. The minimum absolute atomic E-state index is 0.112. The second kappa shape index (κ2) is 7.45. The molecule has 0 aromatic heterocycles. The van der Waals surface area contributed by atoms with Crippen molar-refractivity contribution in [1.29, 1.82) is 0 Å². The highest BCUT2D eigenvalue weighted by Crippen LogP contribution is 2.48. The van der Waals surface area contributed by atoms with Crippen molar-refractivity contribution >= 4 is 5.71 Å².